The fraction of sp³-hybridized carbons (Fsp3) is 0.793. The molecule has 1 aliphatic heterocycles. The van der Waals surface area contributed by atoms with Gasteiger partial charge in [0.2, 0.25) is 0 Å². The molecule has 1 heterocycles. The van der Waals surface area contributed by atoms with Crippen molar-refractivity contribution in [3.05, 3.63) is 29.3 Å². The van der Waals surface area contributed by atoms with Crippen LogP contribution in [0.2, 0.25) is 0 Å². The van der Waals surface area contributed by atoms with E-state index in [-0.39, 0.29) is 30.9 Å². The van der Waals surface area contributed by atoms with Crippen LogP contribution in [0, 0.1) is 41.2 Å². The van der Waals surface area contributed by atoms with E-state index < -0.39 is 47.4 Å². The van der Waals surface area contributed by atoms with Gasteiger partial charge in [0, 0.05) is 18.7 Å². The van der Waals surface area contributed by atoms with Gasteiger partial charge in [0.1, 0.15) is 22.9 Å². The average molecular weight is 605 g/mol. The molecule has 0 radical (unpaired) electrons. The molecule has 234 valence electrons. The van der Waals surface area contributed by atoms with Crippen LogP contribution in [0.5, 0.6) is 5.75 Å². The molecular formula is C29H37F9O3. The van der Waals surface area contributed by atoms with Gasteiger partial charge in [0.05, 0.1) is 12.0 Å². The summed E-state index contributed by atoms with van der Waals surface area (Å²) in [5, 5.41) is 0. The number of alkyl halides is 7. The number of halogens is 9. The van der Waals surface area contributed by atoms with Gasteiger partial charge < -0.3 is 9.47 Å². The minimum absolute atomic E-state index is 0.00400. The van der Waals surface area contributed by atoms with Crippen LogP contribution in [0.15, 0.2) is 12.1 Å². The molecule has 0 bridgehead atoms. The first kappa shape index (κ1) is 32.2. The zero-order valence-corrected chi connectivity index (χ0v) is 22.9. The lowest BCUT2D eigenvalue weighted by atomic mass is 9.68. The molecule has 2 saturated carbocycles. The normalized spacial score (nSPS) is 30.3. The van der Waals surface area contributed by atoms with Crippen LogP contribution in [0.3, 0.4) is 0 Å². The van der Waals surface area contributed by atoms with Crippen molar-refractivity contribution in [3.63, 3.8) is 0 Å². The van der Waals surface area contributed by atoms with E-state index >= 15 is 0 Å². The predicted molar refractivity (Wildman–Crippen MR) is 131 cm³/mol. The van der Waals surface area contributed by atoms with Crippen molar-refractivity contribution in [2.75, 3.05) is 6.61 Å². The zero-order valence-electron chi connectivity index (χ0n) is 22.9. The van der Waals surface area contributed by atoms with Crippen molar-refractivity contribution in [3.8, 4) is 5.75 Å². The van der Waals surface area contributed by atoms with Gasteiger partial charge >= 0.3 is 18.6 Å². The summed E-state index contributed by atoms with van der Waals surface area (Å²) in [7, 11) is 0. The molecule has 0 amide bonds. The molecule has 2 atom stereocenters. The summed E-state index contributed by atoms with van der Waals surface area (Å²) in [6.07, 6.45) is -4.70. The highest BCUT2D eigenvalue weighted by Gasteiger charge is 2.50. The molecule has 2 unspecified atom stereocenters. The predicted octanol–water partition coefficient (Wildman–Crippen LogP) is 9.73. The third-order valence-electron chi connectivity index (χ3n) is 9.16. The quantitative estimate of drug-likeness (QED) is 0.263. The molecule has 2 aliphatic carbocycles. The van der Waals surface area contributed by atoms with Crippen LogP contribution in [-0.2, 0) is 15.6 Å². The molecule has 0 aromatic heterocycles. The Kier molecular flexibility index (Phi) is 10.1. The van der Waals surface area contributed by atoms with Gasteiger partial charge in [-0.25, -0.2) is 13.5 Å². The van der Waals surface area contributed by atoms with Crippen molar-refractivity contribution in [2.45, 2.75) is 109 Å². The van der Waals surface area contributed by atoms with Crippen LogP contribution < -0.4 is 4.74 Å². The topological polar surface area (TPSA) is 27.7 Å². The standard InChI is InChI=1S/C29H37F9O3/c1-2-3-17-4-13-25(39-16-17)20-7-5-18(6-8-20)19-9-11-21(12-10-19)27(32,33)40-22-14-23(30)26(24(31)15-22)28(34,35)41-29(36,37)38/h14-15,17-21,25H,2-13,16H2,1H3. The number of hydrogen-bond donors (Lipinski definition) is 0. The summed E-state index contributed by atoms with van der Waals surface area (Å²) in [5.41, 5.74) is -2.35. The number of rotatable bonds is 9. The second-order valence-electron chi connectivity index (χ2n) is 11.9. The van der Waals surface area contributed by atoms with Crippen LogP contribution >= 0.6 is 0 Å². The zero-order chi connectivity index (χ0) is 30.0. The summed E-state index contributed by atoms with van der Waals surface area (Å²) < 4.78 is 135. The van der Waals surface area contributed by atoms with Crippen molar-refractivity contribution in [1.29, 1.82) is 0 Å². The fourth-order valence-electron chi connectivity index (χ4n) is 7.07. The molecule has 3 nitrogen and oxygen atoms in total. The van der Waals surface area contributed by atoms with Gasteiger partial charge in [-0.15, -0.1) is 13.2 Å². The van der Waals surface area contributed by atoms with E-state index in [9.17, 15) is 39.5 Å². The molecule has 41 heavy (non-hydrogen) atoms. The Bertz CT molecular complexity index is 969. The molecular weight excluding hydrogens is 567 g/mol. The van der Waals surface area contributed by atoms with Crippen LogP contribution in [-0.4, -0.2) is 25.2 Å². The molecule has 0 N–H and O–H groups in total. The van der Waals surface area contributed by atoms with Crippen LogP contribution in [0.4, 0.5) is 39.5 Å². The SMILES string of the molecule is CCCC1CCC(C2CCC(C3CCC(C(F)(F)Oc4cc(F)c(C(F)(F)OC(F)(F)F)c(F)c4)CC3)CC2)OC1. The van der Waals surface area contributed by atoms with E-state index in [1.807, 2.05) is 0 Å². The number of benzene rings is 1. The van der Waals surface area contributed by atoms with E-state index in [1.165, 1.54) is 19.3 Å². The second kappa shape index (κ2) is 12.9. The molecule has 1 aromatic rings. The van der Waals surface area contributed by atoms with Crippen LogP contribution in [0.25, 0.3) is 0 Å². The maximum atomic E-state index is 14.9. The Labute approximate surface area is 234 Å². The highest BCUT2D eigenvalue weighted by molar-refractivity contribution is 5.32. The minimum atomic E-state index is -5.90. The minimum Gasteiger partial charge on any atom is -0.432 e. The lowest BCUT2D eigenvalue weighted by Crippen LogP contribution is -2.39. The maximum Gasteiger partial charge on any atom is 0.527 e. The molecule has 3 fully saturated rings. The first-order valence-electron chi connectivity index (χ1n) is 14.5. The van der Waals surface area contributed by atoms with Crippen molar-refractivity contribution in [1.82, 2.24) is 0 Å². The van der Waals surface area contributed by atoms with Gasteiger partial charge in [-0.05, 0) is 94.3 Å². The number of hydrogen-bond acceptors (Lipinski definition) is 3. The molecule has 4 rings (SSSR count). The smallest absolute Gasteiger partial charge is 0.432 e. The highest BCUT2D eigenvalue weighted by Crippen LogP contribution is 2.47. The first-order valence-corrected chi connectivity index (χ1v) is 14.5. The van der Waals surface area contributed by atoms with Crippen molar-refractivity contribution in [2.24, 2.45) is 29.6 Å². The average Bonchev–Trinajstić information content (AvgIpc) is 2.87. The lowest BCUT2D eigenvalue weighted by Gasteiger charge is -2.41. The number of ether oxygens (including phenoxy) is 3. The summed E-state index contributed by atoms with van der Waals surface area (Å²) in [5.74, 6) is -4.86. The van der Waals surface area contributed by atoms with E-state index in [0.29, 0.717) is 36.7 Å². The van der Waals surface area contributed by atoms with Gasteiger partial charge in [0.15, 0.2) is 0 Å². The fourth-order valence-corrected chi connectivity index (χ4v) is 7.07. The van der Waals surface area contributed by atoms with Gasteiger partial charge in [-0.3, -0.25) is 0 Å². The van der Waals surface area contributed by atoms with Crippen molar-refractivity contribution < 1.29 is 53.7 Å². The molecule has 12 heteroatoms. The van der Waals surface area contributed by atoms with E-state index in [2.05, 4.69) is 16.4 Å². The molecule has 3 aliphatic rings. The molecule has 1 aromatic carbocycles. The Balaban J connectivity index is 1.27. The summed E-state index contributed by atoms with van der Waals surface area (Å²) in [6.45, 7) is 3.02. The van der Waals surface area contributed by atoms with E-state index in [0.717, 1.165) is 38.7 Å². The molecule has 0 spiro atoms. The summed E-state index contributed by atoms with van der Waals surface area (Å²) in [4.78, 5) is 0. The Morgan fingerprint density at radius 1 is 0.756 bits per heavy atom. The monoisotopic (exact) mass is 604 g/mol. The van der Waals surface area contributed by atoms with Crippen LogP contribution in [0.1, 0.15) is 89.5 Å². The van der Waals surface area contributed by atoms with Gasteiger partial charge in [-0.1, -0.05) is 13.3 Å². The van der Waals surface area contributed by atoms with E-state index in [1.54, 1.807) is 0 Å². The van der Waals surface area contributed by atoms with E-state index in [4.69, 9.17) is 4.74 Å². The molecule has 1 saturated heterocycles. The third kappa shape index (κ3) is 8.24. The first-order chi connectivity index (χ1) is 19.2. The van der Waals surface area contributed by atoms with Gasteiger partial charge in [0.25, 0.3) is 0 Å². The Morgan fingerprint density at radius 3 is 1.78 bits per heavy atom. The Morgan fingerprint density at radius 2 is 1.29 bits per heavy atom. The van der Waals surface area contributed by atoms with Gasteiger partial charge in [-0.2, -0.15) is 17.6 Å². The van der Waals surface area contributed by atoms with Crippen molar-refractivity contribution >= 4 is 0 Å². The summed E-state index contributed by atoms with van der Waals surface area (Å²) in [6, 6.07) is 0.00800. The largest absolute Gasteiger partial charge is 0.527 e. The highest BCUT2D eigenvalue weighted by atomic mass is 19.4. The lowest BCUT2D eigenvalue weighted by molar-refractivity contribution is -0.432. The maximum absolute atomic E-state index is 14.9. The summed E-state index contributed by atoms with van der Waals surface area (Å²) >= 11 is 0. The third-order valence-corrected chi connectivity index (χ3v) is 9.16. The second-order valence-corrected chi connectivity index (χ2v) is 11.9. The Hall–Kier alpha value is -1.69.